The average molecular weight is 315 g/mol. The highest BCUT2D eigenvalue weighted by Crippen LogP contribution is 2.24. The largest absolute Gasteiger partial charge is 0.496 e. The molecule has 1 amide bonds. The van der Waals surface area contributed by atoms with Gasteiger partial charge in [-0.2, -0.15) is 0 Å². The fourth-order valence-corrected chi connectivity index (χ4v) is 2.49. The molecule has 1 N–H and O–H groups in total. The molecule has 0 aromatic heterocycles. The Bertz CT molecular complexity index is 680. The van der Waals surface area contributed by atoms with Crippen molar-refractivity contribution in [1.29, 1.82) is 0 Å². The van der Waals surface area contributed by atoms with E-state index in [9.17, 15) is 9.18 Å². The Labute approximate surface area is 136 Å². The lowest BCUT2D eigenvalue weighted by atomic mass is 9.95. The molecule has 2 aromatic rings. The van der Waals surface area contributed by atoms with Crippen LogP contribution in [0, 0.1) is 18.7 Å². The standard InChI is InChI=1S/C19H22FNO2/c1-12(2)18(14-7-9-16(20)10-8-14)21-19(22)15-6-5-13(3)17(11-15)23-4/h5-12,18H,1-4H3,(H,21,22). The van der Waals surface area contributed by atoms with Gasteiger partial charge in [0.15, 0.2) is 0 Å². The molecule has 1 unspecified atom stereocenters. The SMILES string of the molecule is COc1cc(C(=O)NC(c2ccc(F)cc2)C(C)C)ccc1C. The molecule has 0 aliphatic carbocycles. The summed E-state index contributed by atoms with van der Waals surface area (Å²) in [5, 5.41) is 3.02. The molecule has 4 heteroatoms. The number of hydrogen-bond acceptors (Lipinski definition) is 2. The number of amides is 1. The highest BCUT2D eigenvalue weighted by atomic mass is 19.1. The first kappa shape index (κ1) is 17.0. The van der Waals surface area contributed by atoms with Gasteiger partial charge in [-0.05, 0) is 48.2 Å². The van der Waals surface area contributed by atoms with E-state index in [2.05, 4.69) is 5.32 Å². The van der Waals surface area contributed by atoms with E-state index in [1.807, 2.05) is 26.8 Å². The molecule has 23 heavy (non-hydrogen) atoms. The van der Waals surface area contributed by atoms with E-state index >= 15 is 0 Å². The first-order chi connectivity index (χ1) is 10.9. The maximum absolute atomic E-state index is 13.1. The molecule has 0 aliphatic rings. The van der Waals surface area contributed by atoms with Gasteiger partial charge in [-0.3, -0.25) is 4.79 Å². The number of carbonyl (C=O) groups excluding carboxylic acids is 1. The minimum atomic E-state index is -0.286. The van der Waals surface area contributed by atoms with Crippen molar-refractivity contribution in [2.45, 2.75) is 26.8 Å². The average Bonchev–Trinajstić information content (AvgIpc) is 2.53. The molecule has 2 aromatic carbocycles. The molecule has 1 atom stereocenters. The zero-order valence-electron chi connectivity index (χ0n) is 13.9. The number of halogens is 1. The van der Waals surface area contributed by atoms with Crippen molar-refractivity contribution in [1.82, 2.24) is 5.32 Å². The monoisotopic (exact) mass is 315 g/mol. The lowest BCUT2D eigenvalue weighted by molar-refractivity contribution is 0.0925. The second kappa shape index (κ2) is 7.27. The fourth-order valence-electron chi connectivity index (χ4n) is 2.49. The van der Waals surface area contributed by atoms with Gasteiger partial charge >= 0.3 is 0 Å². The molecular formula is C19H22FNO2. The van der Waals surface area contributed by atoms with E-state index < -0.39 is 0 Å². The highest BCUT2D eigenvalue weighted by molar-refractivity contribution is 5.95. The maximum atomic E-state index is 13.1. The van der Waals surface area contributed by atoms with Crippen LogP contribution in [0.2, 0.25) is 0 Å². The van der Waals surface area contributed by atoms with Crippen molar-refractivity contribution in [3.63, 3.8) is 0 Å². The van der Waals surface area contributed by atoms with Crippen molar-refractivity contribution in [2.75, 3.05) is 7.11 Å². The number of hydrogen-bond donors (Lipinski definition) is 1. The molecule has 0 aliphatic heterocycles. The van der Waals surface area contributed by atoms with E-state index in [4.69, 9.17) is 4.74 Å². The lowest BCUT2D eigenvalue weighted by Gasteiger charge is -2.23. The predicted octanol–water partition coefficient (Wildman–Crippen LogP) is 4.27. The van der Waals surface area contributed by atoms with Crippen LogP contribution in [-0.4, -0.2) is 13.0 Å². The Kier molecular flexibility index (Phi) is 5.37. The van der Waals surface area contributed by atoms with Crippen molar-refractivity contribution in [2.24, 2.45) is 5.92 Å². The van der Waals surface area contributed by atoms with Crippen LogP contribution in [0.15, 0.2) is 42.5 Å². The molecule has 3 nitrogen and oxygen atoms in total. The Morgan fingerprint density at radius 3 is 2.35 bits per heavy atom. The summed E-state index contributed by atoms with van der Waals surface area (Å²) in [5.74, 6) is 0.398. The first-order valence-electron chi connectivity index (χ1n) is 7.63. The van der Waals surface area contributed by atoms with Gasteiger partial charge in [0.25, 0.3) is 5.91 Å². The Hall–Kier alpha value is -2.36. The van der Waals surface area contributed by atoms with Gasteiger partial charge in [0, 0.05) is 5.56 Å². The van der Waals surface area contributed by atoms with Crippen LogP contribution >= 0.6 is 0 Å². The van der Waals surface area contributed by atoms with Crippen LogP contribution in [0.4, 0.5) is 4.39 Å². The molecule has 0 heterocycles. The van der Waals surface area contributed by atoms with E-state index in [1.165, 1.54) is 12.1 Å². The molecule has 2 rings (SSSR count). The fraction of sp³-hybridized carbons (Fsp3) is 0.316. The smallest absolute Gasteiger partial charge is 0.251 e. The molecule has 0 saturated carbocycles. The molecule has 0 radical (unpaired) electrons. The second-order valence-electron chi connectivity index (χ2n) is 5.93. The van der Waals surface area contributed by atoms with Crippen LogP contribution in [0.3, 0.4) is 0 Å². The molecule has 0 saturated heterocycles. The summed E-state index contributed by atoms with van der Waals surface area (Å²) in [6.07, 6.45) is 0. The van der Waals surface area contributed by atoms with Crippen LogP contribution in [0.25, 0.3) is 0 Å². The first-order valence-corrected chi connectivity index (χ1v) is 7.63. The number of benzene rings is 2. The quantitative estimate of drug-likeness (QED) is 0.895. The van der Waals surface area contributed by atoms with Gasteiger partial charge in [0.05, 0.1) is 13.2 Å². The zero-order chi connectivity index (χ0) is 17.0. The summed E-state index contributed by atoms with van der Waals surface area (Å²) >= 11 is 0. The maximum Gasteiger partial charge on any atom is 0.251 e. The van der Waals surface area contributed by atoms with E-state index in [0.717, 1.165) is 11.1 Å². The summed E-state index contributed by atoms with van der Waals surface area (Å²) < 4.78 is 18.4. The summed E-state index contributed by atoms with van der Waals surface area (Å²) in [6, 6.07) is 11.4. The highest BCUT2D eigenvalue weighted by Gasteiger charge is 2.19. The lowest BCUT2D eigenvalue weighted by Crippen LogP contribution is -2.31. The Balaban J connectivity index is 2.23. The van der Waals surface area contributed by atoms with E-state index in [1.54, 1.807) is 31.4 Å². The van der Waals surface area contributed by atoms with Crippen LogP contribution in [0.5, 0.6) is 5.75 Å². The normalized spacial score (nSPS) is 12.1. The van der Waals surface area contributed by atoms with Gasteiger partial charge in [-0.25, -0.2) is 4.39 Å². The predicted molar refractivity (Wildman–Crippen MR) is 89.2 cm³/mol. The molecule has 0 bridgehead atoms. The Morgan fingerprint density at radius 2 is 1.78 bits per heavy atom. The van der Waals surface area contributed by atoms with E-state index in [0.29, 0.717) is 11.3 Å². The van der Waals surface area contributed by atoms with Crippen LogP contribution in [0.1, 0.15) is 41.4 Å². The van der Waals surface area contributed by atoms with Gasteiger partial charge in [0.2, 0.25) is 0 Å². The van der Waals surface area contributed by atoms with Crippen molar-refractivity contribution in [3.05, 3.63) is 65.0 Å². The number of methoxy groups -OCH3 is 1. The number of carbonyl (C=O) groups is 1. The molecule has 0 fully saturated rings. The zero-order valence-corrected chi connectivity index (χ0v) is 13.9. The minimum absolute atomic E-state index is 0.175. The molecule has 122 valence electrons. The molecule has 0 spiro atoms. The van der Waals surface area contributed by atoms with E-state index in [-0.39, 0.29) is 23.7 Å². The summed E-state index contributed by atoms with van der Waals surface area (Å²) in [7, 11) is 1.58. The summed E-state index contributed by atoms with van der Waals surface area (Å²) in [5.41, 5.74) is 2.40. The van der Waals surface area contributed by atoms with Gasteiger partial charge in [-0.15, -0.1) is 0 Å². The number of nitrogens with one attached hydrogen (secondary N) is 1. The second-order valence-corrected chi connectivity index (χ2v) is 5.93. The van der Waals surface area contributed by atoms with Gasteiger partial charge in [-0.1, -0.05) is 32.0 Å². The number of aryl methyl sites for hydroxylation is 1. The van der Waals surface area contributed by atoms with Gasteiger partial charge in [0.1, 0.15) is 11.6 Å². The molecular weight excluding hydrogens is 293 g/mol. The van der Waals surface area contributed by atoms with Crippen molar-refractivity contribution < 1.29 is 13.9 Å². The Morgan fingerprint density at radius 1 is 1.13 bits per heavy atom. The third-order valence-electron chi connectivity index (χ3n) is 3.85. The third-order valence-corrected chi connectivity index (χ3v) is 3.85. The number of ether oxygens (including phenoxy) is 1. The van der Waals surface area contributed by atoms with Gasteiger partial charge < -0.3 is 10.1 Å². The topological polar surface area (TPSA) is 38.3 Å². The van der Waals surface area contributed by atoms with Crippen LogP contribution < -0.4 is 10.1 Å². The third kappa shape index (κ3) is 4.09. The summed E-state index contributed by atoms with van der Waals surface area (Å²) in [4.78, 5) is 12.5. The minimum Gasteiger partial charge on any atom is -0.496 e. The van der Waals surface area contributed by atoms with Crippen molar-refractivity contribution >= 4 is 5.91 Å². The number of rotatable bonds is 5. The van der Waals surface area contributed by atoms with Crippen molar-refractivity contribution in [3.8, 4) is 5.75 Å². The van der Waals surface area contributed by atoms with Crippen LogP contribution in [-0.2, 0) is 0 Å². The summed E-state index contributed by atoms with van der Waals surface area (Å²) in [6.45, 7) is 5.96.